The van der Waals surface area contributed by atoms with E-state index in [1.54, 1.807) is 43.6 Å². The van der Waals surface area contributed by atoms with Crippen molar-refractivity contribution in [3.63, 3.8) is 0 Å². The van der Waals surface area contributed by atoms with Gasteiger partial charge in [-0.3, -0.25) is 10.0 Å². The van der Waals surface area contributed by atoms with Crippen molar-refractivity contribution >= 4 is 5.91 Å². The summed E-state index contributed by atoms with van der Waals surface area (Å²) in [5.41, 5.74) is 3.33. The van der Waals surface area contributed by atoms with E-state index in [1.807, 2.05) is 0 Å². The van der Waals surface area contributed by atoms with Crippen molar-refractivity contribution in [1.29, 1.82) is 0 Å². The number of hydrogen-bond donors (Lipinski definition) is 4. The summed E-state index contributed by atoms with van der Waals surface area (Å²) < 4.78 is 5.23. The molecule has 0 unspecified atom stereocenters. The summed E-state index contributed by atoms with van der Waals surface area (Å²) in [6.45, 7) is 3.48. The standard InChI is InChI=1S/C15H21NO5/c1-10(11(2)15(19)16-20)9-14(18)12-3-5-13(6-4-12)21-8-7-17/h3-6,14,17-18,20H,7-9H2,1-2H3,(H,16,19)/b11-10+/t14-/m0/s1. The molecule has 0 fully saturated rings. The number of amides is 1. The molecule has 4 N–H and O–H groups in total. The van der Waals surface area contributed by atoms with Gasteiger partial charge in [-0.15, -0.1) is 0 Å². The lowest BCUT2D eigenvalue weighted by Gasteiger charge is -2.14. The molecule has 1 aromatic rings. The van der Waals surface area contributed by atoms with Gasteiger partial charge in [0.15, 0.2) is 0 Å². The van der Waals surface area contributed by atoms with Gasteiger partial charge in [0, 0.05) is 5.57 Å². The van der Waals surface area contributed by atoms with Gasteiger partial charge in [-0.1, -0.05) is 17.7 Å². The average molecular weight is 295 g/mol. The van der Waals surface area contributed by atoms with Crippen LogP contribution < -0.4 is 10.2 Å². The van der Waals surface area contributed by atoms with Gasteiger partial charge in [0.2, 0.25) is 0 Å². The van der Waals surface area contributed by atoms with Crippen LogP contribution in [0.15, 0.2) is 35.4 Å². The van der Waals surface area contributed by atoms with Gasteiger partial charge in [-0.2, -0.15) is 0 Å². The van der Waals surface area contributed by atoms with Crippen LogP contribution in [0.2, 0.25) is 0 Å². The maximum Gasteiger partial charge on any atom is 0.270 e. The van der Waals surface area contributed by atoms with Crippen LogP contribution in [0.4, 0.5) is 0 Å². The van der Waals surface area contributed by atoms with Crippen molar-refractivity contribution in [2.24, 2.45) is 0 Å². The van der Waals surface area contributed by atoms with Crippen molar-refractivity contribution in [3.8, 4) is 5.75 Å². The van der Waals surface area contributed by atoms with Crippen LogP contribution in [-0.2, 0) is 4.79 Å². The molecule has 0 aliphatic rings. The molecule has 0 aliphatic heterocycles. The van der Waals surface area contributed by atoms with Crippen LogP contribution in [0, 0.1) is 0 Å². The summed E-state index contributed by atoms with van der Waals surface area (Å²) >= 11 is 0. The van der Waals surface area contributed by atoms with E-state index in [-0.39, 0.29) is 19.6 Å². The fourth-order valence-electron chi connectivity index (χ4n) is 1.79. The zero-order valence-corrected chi connectivity index (χ0v) is 12.2. The third-order valence-corrected chi connectivity index (χ3v) is 3.21. The zero-order chi connectivity index (χ0) is 15.8. The Kier molecular flexibility index (Phi) is 6.87. The number of carbonyl (C=O) groups excluding carboxylic acids is 1. The summed E-state index contributed by atoms with van der Waals surface area (Å²) in [5.74, 6) is 0.0376. The van der Waals surface area contributed by atoms with Gasteiger partial charge >= 0.3 is 0 Å². The number of aliphatic hydroxyl groups excluding tert-OH is 2. The Labute approximate surface area is 123 Å². The highest BCUT2D eigenvalue weighted by molar-refractivity contribution is 5.92. The molecule has 0 aliphatic carbocycles. The third-order valence-electron chi connectivity index (χ3n) is 3.21. The molecule has 1 atom stereocenters. The molecule has 1 amide bonds. The Hall–Kier alpha value is -1.89. The molecule has 0 bridgehead atoms. The number of benzene rings is 1. The number of ether oxygens (including phenoxy) is 1. The van der Waals surface area contributed by atoms with Gasteiger partial charge in [0.25, 0.3) is 5.91 Å². The second kappa shape index (κ2) is 8.41. The molecule has 21 heavy (non-hydrogen) atoms. The van der Waals surface area contributed by atoms with Crippen LogP contribution in [0.3, 0.4) is 0 Å². The quantitative estimate of drug-likeness (QED) is 0.345. The Balaban J connectivity index is 2.71. The van der Waals surface area contributed by atoms with Crippen LogP contribution in [0.5, 0.6) is 5.75 Å². The molecular formula is C15H21NO5. The highest BCUT2D eigenvalue weighted by Gasteiger charge is 2.13. The smallest absolute Gasteiger partial charge is 0.270 e. The lowest BCUT2D eigenvalue weighted by molar-refractivity contribution is -0.125. The SMILES string of the molecule is C/C(C[C@H](O)c1ccc(OCCO)cc1)=C(/C)C(=O)NO. The van der Waals surface area contributed by atoms with Crippen molar-refractivity contribution in [3.05, 3.63) is 41.0 Å². The second-order valence-corrected chi connectivity index (χ2v) is 4.71. The maximum absolute atomic E-state index is 11.3. The number of rotatable bonds is 7. The summed E-state index contributed by atoms with van der Waals surface area (Å²) in [6.07, 6.45) is -0.464. The van der Waals surface area contributed by atoms with E-state index in [2.05, 4.69) is 0 Å². The lowest BCUT2D eigenvalue weighted by atomic mass is 9.99. The number of hydrogen-bond acceptors (Lipinski definition) is 5. The van der Waals surface area contributed by atoms with Crippen molar-refractivity contribution < 1.29 is 25.0 Å². The molecule has 0 aromatic heterocycles. The molecule has 1 rings (SSSR count). The normalized spacial score (nSPS) is 13.4. The topological polar surface area (TPSA) is 99.0 Å². The number of hydroxylamine groups is 1. The first-order chi connectivity index (χ1) is 9.99. The first-order valence-corrected chi connectivity index (χ1v) is 6.62. The molecule has 1 aromatic carbocycles. The summed E-state index contributed by atoms with van der Waals surface area (Å²) in [6, 6.07) is 6.87. The van der Waals surface area contributed by atoms with E-state index >= 15 is 0 Å². The van der Waals surface area contributed by atoms with Crippen LogP contribution in [0.25, 0.3) is 0 Å². The van der Waals surface area contributed by atoms with E-state index in [4.69, 9.17) is 15.1 Å². The van der Waals surface area contributed by atoms with Gasteiger partial charge < -0.3 is 14.9 Å². The molecule has 0 saturated carbocycles. The molecule has 0 spiro atoms. The monoisotopic (exact) mass is 295 g/mol. The minimum Gasteiger partial charge on any atom is -0.491 e. The number of nitrogens with one attached hydrogen (secondary N) is 1. The van der Waals surface area contributed by atoms with E-state index < -0.39 is 12.0 Å². The largest absolute Gasteiger partial charge is 0.491 e. The highest BCUT2D eigenvalue weighted by atomic mass is 16.5. The maximum atomic E-state index is 11.3. The van der Waals surface area contributed by atoms with Gasteiger partial charge in [-0.05, 0) is 38.0 Å². The number of carbonyl (C=O) groups is 1. The third kappa shape index (κ3) is 5.18. The first-order valence-electron chi connectivity index (χ1n) is 6.62. The molecule has 0 saturated heterocycles. The number of aliphatic hydroxyl groups is 2. The van der Waals surface area contributed by atoms with Crippen LogP contribution >= 0.6 is 0 Å². The molecule has 116 valence electrons. The van der Waals surface area contributed by atoms with Gasteiger partial charge in [-0.25, -0.2) is 5.48 Å². The molecular weight excluding hydrogens is 274 g/mol. The molecule has 6 heteroatoms. The van der Waals surface area contributed by atoms with Crippen molar-refractivity contribution in [2.75, 3.05) is 13.2 Å². The van der Waals surface area contributed by atoms with E-state index in [9.17, 15) is 9.90 Å². The highest BCUT2D eigenvalue weighted by Crippen LogP contribution is 2.24. The van der Waals surface area contributed by atoms with Crippen LogP contribution in [0.1, 0.15) is 31.9 Å². The molecule has 6 nitrogen and oxygen atoms in total. The lowest BCUT2D eigenvalue weighted by Crippen LogP contribution is -2.20. The van der Waals surface area contributed by atoms with Gasteiger partial charge in [0.05, 0.1) is 12.7 Å². The fourth-order valence-corrected chi connectivity index (χ4v) is 1.79. The predicted molar refractivity (Wildman–Crippen MR) is 76.9 cm³/mol. The summed E-state index contributed by atoms with van der Waals surface area (Å²) in [7, 11) is 0. The van der Waals surface area contributed by atoms with E-state index in [0.29, 0.717) is 22.5 Å². The molecule has 0 radical (unpaired) electrons. The molecule has 0 heterocycles. The Morgan fingerprint density at radius 1 is 1.29 bits per heavy atom. The summed E-state index contributed by atoms with van der Waals surface area (Å²) in [5, 5.41) is 27.4. The minimum absolute atomic E-state index is 0.0550. The predicted octanol–water partition coefficient (Wildman–Crippen LogP) is 1.32. The first kappa shape index (κ1) is 17.2. The second-order valence-electron chi connectivity index (χ2n) is 4.71. The fraction of sp³-hybridized carbons (Fsp3) is 0.400. The van der Waals surface area contributed by atoms with Gasteiger partial charge in [0.1, 0.15) is 12.4 Å². The Morgan fingerprint density at radius 3 is 2.43 bits per heavy atom. The zero-order valence-electron chi connectivity index (χ0n) is 12.2. The van der Waals surface area contributed by atoms with Crippen molar-refractivity contribution in [2.45, 2.75) is 26.4 Å². The van der Waals surface area contributed by atoms with Crippen LogP contribution in [-0.4, -0.2) is 34.5 Å². The average Bonchev–Trinajstić information content (AvgIpc) is 2.51. The van der Waals surface area contributed by atoms with E-state index in [0.717, 1.165) is 0 Å². The van der Waals surface area contributed by atoms with E-state index in [1.165, 1.54) is 0 Å². The van der Waals surface area contributed by atoms with Crippen molar-refractivity contribution in [1.82, 2.24) is 5.48 Å². The minimum atomic E-state index is -0.752. The summed E-state index contributed by atoms with van der Waals surface area (Å²) in [4.78, 5) is 11.3. The Bertz CT molecular complexity index is 495. The Morgan fingerprint density at radius 2 is 1.90 bits per heavy atom.